The van der Waals surface area contributed by atoms with Gasteiger partial charge in [0.1, 0.15) is 0 Å². The summed E-state index contributed by atoms with van der Waals surface area (Å²) in [6, 6.07) is 8.53. The Morgan fingerprint density at radius 2 is 1.59 bits per heavy atom. The van der Waals surface area contributed by atoms with Crippen molar-refractivity contribution in [1.82, 2.24) is 9.97 Å². The van der Waals surface area contributed by atoms with Crippen LogP contribution in [-0.4, -0.2) is 15.8 Å². The topological polar surface area (TPSA) is 42.9 Å². The summed E-state index contributed by atoms with van der Waals surface area (Å²) in [5.41, 5.74) is 2.11. The molecule has 0 aliphatic carbocycles. The van der Waals surface area contributed by atoms with Crippen LogP contribution < -0.4 is 0 Å². The predicted molar refractivity (Wildman–Crippen MR) is 66.4 cm³/mol. The van der Waals surface area contributed by atoms with Crippen molar-refractivity contribution in [3.8, 4) is 0 Å². The molecule has 3 nitrogen and oxygen atoms in total. The maximum Gasteiger partial charge on any atom is 0.230 e. The summed E-state index contributed by atoms with van der Waals surface area (Å²) in [5, 5.41) is 0.600. The van der Waals surface area contributed by atoms with E-state index in [0.717, 1.165) is 11.4 Å². The van der Waals surface area contributed by atoms with Gasteiger partial charge < -0.3 is 0 Å². The Balaban J connectivity index is 2.40. The molecule has 0 aliphatic rings. The summed E-state index contributed by atoms with van der Waals surface area (Å²) < 4.78 is 0. The third kappa shape index (κ3) is 2.68. The Bertz CT molecular complexity index is 544. The third-order valence-corrected chi connectivity index (χ3v) is 2.54. The Morgan fingerprint density at radius 1 is 1.06 bits per heavy atom. The van der Waals surface area contributed by atoms with Crippen LogP contribution in [0.5, 0.6) is 0 Å². The van der Waals surface area contributed by atoms with Crippen LogP contribution in [0.1, 0.15) is 27.6 Å². The van der Waals surface area contributed by atoms with Gasteiger partial charge in [-0.15, -0.1) is 0 Å². The second-order valence-electron chi connectivity index (χ2n) is 3.81. The number of hydrogen-bond acceptors (Lipinski definition) is 3. The van der Waals surface area contributed by atoms with Gasteiger partial charge in [-0.1, -0.05) is 11.6 Å². The molecule has 0 amide bonds. The van der Waals surface area contributed by atoms with Crippen molar-refractivity contribution in [2.75, 3.05) is 0 Å². The number of nitrogens with zero attached hydrogens (tertiary/aromatic N) is 2. The van der Waals surface area contributed by atoms with E-state index < -0.39 is 0 Å². The van der Waals surface area contributed by atoms with Crippen LogP contribution in [0.25, 0.3) is 0 Å². The van der Waals surface area contributed by atoms with Gasteiger partial charge in [0.15, 0.2) is 0 Å². The molecule has 4 heteroatoms. The summed E-state index contributed by atoms with van der Waals surface area (Å²) in [6.07, 6.45) is 0. The molecule has 1 aromatic heterocycles. The van der Waals surface area contributed by atoms with E-state index in [4.69, 9.17) is 11.6 Å². The minimum atomic E-state index is -0.187. The Kier molecular flexibility index (Phi) is 3.20. The Labute approximate surface area is 104 Å². The summed E-state index contributed by atoms with van der Waals surface area (Å²) in [7, 11) is 0. The van der Waals surface area contributed by atoms with Crippen LogP contribution in [0.3, 0.4) is 0 Å². The van der Waals surface area contributed by atoms with Crippen LogP contribution >= 0.6 is 11.6 Å². The van der Waals surface area contributed by atoms with E-state index in [2.05, 4.69) is 9.97 Å². The lowest BCUT2D eigenvalue weighted by Crippen LogP contribution is -2.08. The highest BCUT2D eigenvalue weighted by Gasteiger charge is 2.12. The molecule has 17 heavy (non-hydrogen) atoms. The van der Waals surface area contributed by atoms with E-state index >= 15 is 0 Å². The van der Waals surface area contributed by atoms with Gasteiger partial charge in [-0.3, -0.25) is 4.79 Å². The first-order chi connectivity index (χ1) is 8.06. The van der Waals surface area contributed by atoms with Crippen molar-refractivity contribution in [1.29, 1.82) is 0 Å². The molecule has 0 aliphatic heterocycles. The Hall–Kier alpha value is -1.74. The first-order valence-electron chi connectivity index (χ1n) is 5.19. The molecule has 0 spiro atoms. The van der Waals surface area contributed by atoms with Gasteiger partial charge in [-0.05, 0) is 44.2 Å². The van der Waals surface area contributed by atoms with E-state index in [1.54, 1.807) is 24.3 Å². The zero-order valence-electron chi connectivity index (χ0n) is 9.57. The third-order valence-electron chi connectivity index (χ3n) is 2.29. The highest BCUT2D eigenvalue weighted by molar-refractivity contribution is 6.30. The largest absolute Gasteiger partial charge is 0.285 e. The summed E-state index contributed by atoms with van der Waals surface area (Å²) in [6.45, 7) is 3.68. The van der Waals surface area contributed by atoms with Gasteiger partial charge in [0.25, 0.3) is 0 Å². The number of carbonyl (C=O) groups excluding carboxylic acids is 1. The molecule has 1 aromatic carbocycles. The molecule has 86 valence electrons. The van der Waals surface area contributed by atoms with Crippen molar-refractivity contribution in [3.05, 3.63) is 58.1 Å². The van der Waals surface area contributed by atoms with Gasteiger partial charge in [-0.25, -0.2) is 9.97 Å². The normalized spacial score (nSPS) is 10.3. The fraction of sp³-hybridized carbons (Fsp3) is 0.154. The van der Waals surface area contributed by atoms with Gasteiger partial charge in [0, 0.05) is 22.0 Å². The van der Waals surface area contributed by atoms with E-state index in [1.807, 2.05) is 19.9 Å². The molecule has 0 N–H and O–H groups in total. The van der Waals surface area contributed by atoms with E-state index in [0.29, 0.717) is 10.6 Å². The number of aryl methyl sites for hydroxylation is 2. The summed E-state index contributed by atoms with van der Waals surface area (Å²) in [4.78, 5) is 20.4. The van der Waals surface area contributed by atoms with Crippen molar-refractivity contribution in [2.45, 2.75) is 13.8 Å². The van der Waals surface area contributed by atoms with Gasteiger partial charge >= 0.3 is 0 Å². The van der Waals surface area contributed by atoms with E-state index in [-0.39, 0.29) is 11.6 Å². The van der Waals surface area contributed by atoms with E-state index in [9.17, 15) is 4.79 Å². The minimum Gasteiger partial charge on any atom is -0.285 e. The molecular weight excluding hydrogens is 236 g/mol. The fourth-order valence-electron chi connectivity index (χ4n) is 1.56. The molecule has 1 heterocycles. The van der Waals surface area contributed by atoms with Crippen molar-refractivity contribution in [3.63, 3.8) is 0 Å². The standard InChI is InChI=1S/C13H11ClN2O/c1-8-7-9(2)16-13(15-8)12(17)10-3-5-11(14)6-4-10/h3-7H,1-2H3. The van der Waals surface area contributed by atoms with Gasteiger partial charge in [-0.2, -0.15) is 0 Å². The minimum absolute atomic E-state index is 0.187. The SMILES string of the molecule is Cc1cc(C)nc(C(=O)c2ccc(Cl)cc2)n1. The fourth-order valence-corrected chi connectivity index (χ4v) is 1.68. The zero-order valence-corrected chi connectivity index (χ0v) is 10.3. The number of aromatic nitrogens is 2. The summed E-state index contributed by atoms with van der Waals surface area (Å²) in [5.74, 6) is 0.0401. The van der Waals surface area contributed by atoms with Crippen LogP contribution in [-0.2, 0) is 0 Å². The molecule has 0 atom stereocenters. The number of hydrogen-bond donors (Lipinski definition) is 0. The average Bonchev–Trinajstić information content (AvgIpc) is 2.28. The quantitative estimate of drug-likeness (QED) is 0.765. The number of ketones is 1. The first kappa shape index (κ1) is 11.7. The Morgan fingerprint density at radius 3 is 2.12 bits per heavy atom. The second kappa shape index (κ2) is 4.63. The van der Waals surface area contributed by atoms with Gasteiger partial charge in [0.2, 0.25) is 11.6 Å². The lowest BCUT2D eigenvalue weighted by molar-refractivity contribution is 0.102. The molecule has 2 rings (SSSR count). The molecule has 2 aromatic rings. The number of benzene rings is 1. The average molecular weight is 247 g/mol. The zero-order chi connectivity index (χ0) is 12.4. The molecular formula is C13H11ClN2O. The summed E-state index contributed by atoms with van der Waals surface area (Å²) >= 11 is 5.77. The van der Waals surface area contributed by atoms with Crippen LogP contribution in [0, 0.1) is 13.8 Å². The van der Waals surface area contributed by atoms with Crippen LogP contribution in [0.2, 0.25) is 5.02 Å². The lowest BCUT2D eigenvalue weighted by atomic mass is 10.1. The molecule has 0 saturated heterocycles. The van der Waals surface area contributed by atoms with Gasteiger partial charge in [0.05, 0.1) is 0 Å². The molecule has 0 bridgehead atoms. The first-order valence-corrected chi connectivity index (χ1v) is 5.56. The smallest absolute Gasteiger partial charge is 0.230 e. The molecule has 0 radical (unpaired) electrons. The predicted octanol–water partition coefficient (Wildman–Crippen LogP) is 2.98. The monoisotopic (exact) mass is 246 g/mol. The molecule has 0 saturated carbocycles. The van der Waals surface area contributed by atoms with Crippen molar-refractivity contribution in [2.24, 2.45) is 0 Å². The van der Waals surface area contributed by atoms with Crippen molar-refractivity contribution < 1.29 is 4.79 Å². The number of carbonyl (C=O) groups is 1. The molecule has 0 fully saturated rings. The highest BCUT2D eigenvalue weighted by atomic mass is 35.5. The lowest BCUT2D eigenvalue weighted by Gasteiger charge is -2.02. The maximum absolute atomic E-state index is 12.1. The van der Waals surface area contributed by atoms with Crippen molar-refractivity contribution >= 4 is 17.4 Å². The highest BCUT2D eigenvalue weighted by Crippen LogP contribution is 2.12. The van der Waals surface area contributed by atoms with Crippen LogP contribution in [0.4, 0.5) is 0 Å². The molecule has 0 unspecified atom stereocenters. The van der Waals surface area contributed by atoms with Crippen LogP contribution in [0.15, 0.2) is 30.3 Å². The second-order valence-corrected chi connectivity index (χ2v) is 4.25. The van der Waals surface area contributed by atoms with E-state index in [1.165, 1.54) is 0 Å². The number of halogens is 1. The number of rotatable bonds is 2. The maximum atomic E-state index is 12.1.